The van der Waals surface area contributed by atoms with E-state index in [1.807, 2.05) is 42.5 Å². The van der Waals surface area contributed by atoms with Crippen LogP contribution < -0.4 is 10.5 Å². The summed E-state index contributed by atoms with van der Waals surface area (Å²) in [7, 11) is 1.65. The van der Waals surface area contributed by atoms with Gasteiger partial charge >= 0.3 is 0 Å². The number of nitrogens with one attached hydrogen (secondary N) is 1. The Bertz CT molecular complexity index is 752. The van der Waals surface area contributed by atoms with Crippen molar-refractivity contribution >= 4 is 22.6 Å². The van der Waals surface area contributed by atoms with Crippen LogP contribution in [-0.4, -0.2) is 17.1 Å². The molecular weight excluding hydrogens is 286 g/mol. The van der Waals surface area contributed by atoms with Crippen LogP contribution in [0, 0.1) is 0 Å². The Labute approximate surface area is 127 Å². The van der Waals surface area contributed by atoms with Crippen molar-refractivity contribution in [1.29, 1.82) is 0 Å². The molecule has 0 fully saturated rings. The van der Waals surface area contributed by atoms with Crippen LogP contribution in [0.4, 0.5) is 0 Å². The lowest BCUT2D eigenvalue weighted by molar-refractivity contribution is 0.414. The first-order valence-electron chi connectivity index (χ1n) is 6.69. The van der Waals surface area contributed by atoms with Crippen LogP contribution >= 0.6 is 11.6 Å². The molecule has 2 aromatic carbocycles. The van der Waals surface area contributed by atoms with Crippen LogP contribution in [-0.2, 0) is 6.42 Å². The number of hydrogen-bond acceptors (Lipinski definition) is 3. The number of fused-ring (bicyclic) bond motifs is 1. The lowest BCUT2D eigenvalue weighted by Gasteiger charge is -2.09. The number of H-pyrrole nitrogens is 1. The first kappa shape index (κ1) is 13.9. The van der Waals surface area contributed by atoms with Crippen molar-refractivity contribution in [2.24, 2.45) is 5.73 Å². The summed E-state index contributed by atoms with van der Waals surface area (Å²) in [6.07, 6.45) is 0.706. The minimum Gasteiger partial charge on any atom is -0.497 e. The lowest BCUT2D eigenvalue weighted by atomic mass is 10.1. The summed E-state index contributed by atoms with van der Waals surface area (Å²) in [5.74, 6) is 1.61. The van der Waals surface area contributed by atoms with E-state index in [1.165, 1.54) is 0 Å². The molecule has 3 N–H and O–H groups in total. The first-order valence-corrected chi connectivity index (χ1v) is 7.07. The maximum Gasteiger partial charge on any atom is 0.124 e. The molecule has 3 aromatic rings. The first-order chi connectivity index (χ1) is 10.2. The summed E-state index contributed by atoms with van der Waals surface area (Å²) in [6, 6.07) is 13.3. The Balaban J connectivity index is 1.80. The highest BCUT2D eigenvalue weighted by Crippen LogP contribution is 2.21. The minimum absolute atomic E-state index is 0.190. The molecular formula is C16H16ClN3O. The van der Waals surface area contributed by atoms with Gasteiger partial charge in [-0.1, -0.05) is 23.7 Å². The third kappa shape index (κ3) is 3.01. The van der Waals surface area contributed by atoms with Gasteiger partial charge in [-0.3, -0.25) is 0 Å². The second-order valence-electron chi connectivity index (χ2n) is 4.94. The Morgan fingerprint density at radius 1 is 1.24 bits per heavy atom. The zero-order valence-corrected chi connectivity index (χ0v) is 12.4. The summed E-state index contributed by atoms with van der Waals surface area (Å²) >= 11 is 5.97. The molecule has 1 heterocycles. The third-order valence-corrected chi connectivity index (χ3v) is 3.66. The van der Waals surface area contributed by atoms with Gasteiger partial charge in [0.1, 0.15) is 11.6 Å². The standard InChI is InChI=1S/C16H16ClN3O/c1-21-12-5-2-10(3-6-12)8-13(18)16-19-14-7-4-11(17)9-15(14)20-16/h2-7,9,13H,8,18H2,1H3,(H,19,20)/t13-/m1/s1. The van der Waals surface area contributed by atoms with Gasteiger partial charge in [0, 0.05) is 5.02 Å². The van der Waals surface area contributed by atoms with E-state index >= 15 is 0 Å². The Hall–Kier alpha value is -2.04. The fourth-order valence-electron chi connectivity index (χ4n) is 2.29. The number of rotatable bonds is 4. The average molecular weight is 302 g/mol. The molecule has 3 rings (SSSR count). The highest BCUT2D eigenvalue weighted by atomic mass is 35.5. The number of aromatic nitrogens is 2. The molecule has 0 saturated heterocycles. The van der Waals surface area contributed by atoms with Crippen molar-refractivity contribution in [2.75, 3.05) is 7.11 Å². The minimum atomic E-state index is -0.190. The van der Waals surface area contributed by atoms with Crippen molar-refractivity contribution in [1.82, 2.24) is 9.97 Å². The Morgan fingerprint density at radius 3 is 2.71 bits per heavy atom. The molecule has 0 aliphatic heterocycles. The summed E-state index contributed by atoms with van der Waals surface area (Å²) in [4.78, 5) is 7.75. The van der Waals surface area contributed by atoms with E-state index in [0.717, 1.165) is 28.2 Å². The molecule has 1 aromatic heterocycles. The molecule has 0 saturated carbocycles. The number of halogens is 1. The number of benzene rings is 2. The van der Waals surface area contributed by atoms with Gasteiger partial charge in [0.2, 0.25) is 0 Å². The van der Waals surface area contributed by atoms with E-state index in [9.17, 15) is 0 Å². The summed E-state index contributed by atoms with van der Waals surface area (Å²) in [5.41, 5.74) is 9.16. The zero-order valence-electron chi connectivity index (χ0n) is 11.6. The Kier molecular flexibility index (Phi) is 3.82. The number of ether oxygens (including phenoxy) is 1. The van der Waals surface area contributed by atoms with E-state index in [-0.39, 0.29) is 6.04 Å². The highest BCUT2D eigenvalue weighted by molar-refractivity contribution is 6.31. The zero-order chi connectivity index (χ0) is 14.8. The number of nitrogens with two attached hydrogens (primary N) is 1. The van der Waals surface area contributed by atoms with Crippen LogP contribution in [0.15, 0.2) is 42.5 Å². The predicted octanol–water partition coefficient (Wildman–Crippen LogP) is 3.47. The fourth-order valence-corrected chi connectivity index (χ4v) is 2.46. The van der Waals surface area contributed by atoms with Crippen molar-refractivity contribution in [2.45, 2.75) is 12.5 Å². The quantitative estimate of drug-likeness (QED) is 0.775. The molecule has 0 unspecified atom stereocenters. The van der Waals surface area contributed by atoms with Gasteiger partial charge in [-0.15, -0.1) is 0 Å². The summed E-state index contributed by atoms with van der Waals surface area (Å²) < 4.78 is 5.15. The molecule has 0 aliphatic rings. The summed E-state index contributed by atoms with van der Waals surface area (Å²) in [6.45, 7) is 0. The fraction of sp³-hybridized carbons (Fsp3) is 0.188. The van der Waals surface area contributed by atoms with Gasteiger partial charge in [-0.05, 0) is 42.3 Å². The number of nitrogens with zero attached hydrogens (tertiary/aromatic N) is 1. The van der Waals surface area contributed by atoms with Crippen molar-refractivity contribution in [3.63, 3.8) is 0 Å². The molecule has 0 aliphatic carbocycles. The predicted molar refractivity (Wildman–Crippen MR) is 84.7 cm³/mol. The molecule has 5 heteroatoms. The molecule has 0 radical (unpaired) electrons. The molecule has 1 atom stereocenters. The Morgan fingerprint density at radius 2 is 2.00 bits per heavy atom. The number of hydrogen-bond donors (Lipinski definition) is 2. The second kappa shape index (κ2) is 5.76. The molecule has 4 nitrogen and oxygen atoms in total. The molecule has 108 valence electrons. The normalized spacial score (nSPS) is 12.5. The van der Waals surface area contributed by atoms with Crippen LogP contribution in [0.25, 0.3) is 11.0 Å². The third-order valence-electron chi connectivity index (χ3n) is 3.43. The van der Waals surface area contributed by atoms with Gasteiger partial charge in [0.05, 0.1) is 24.2 Å². The van der Waals surface area contributed by atoms with Crippen molar-refractivity contribution in [3.05, 3.63) is 58.9 Å². The van der Waals surface area contributed by atoms with Crippen molar-refractivity contribution in [3.8, 4) is 5.75 Å². The number of imidazole rings is 1. The van der Waals surface area contributed by atoms with Crippen LogP contribution in [0.5, 0.6) is 5.75 Å². The van der Waals surface area contributed by atoms with Gasteiger partial charge in [0.25, 0.3) is 0 Å². The average Bonchev–Trinajstić information content (AvgIpc) is 2.91. The smallest absolute Gasteiger partial charge is 0.124 e. The number of aromatic amines is 1. The molecule has 0 amide bonds. The summed E-state index contributed by atoms with van der Waals surface area (Å²) in [5, 5.41) is 0.682. The largest absolute Gasteiger partial charge is 0.497 e. The number of methoxy groups -OCH3 is 1. The maximum absolute atomic E-state index is 6.24. The van der Waals surface area contributed by atoms with Gasteiger partial charge in [-0.2, -0.15) is 0 Å². The maximum atomic E-state index is 6.24. The van der Waals surface area contributed by atoms with Crippen LogP contribution in [0.1, 0.15) is 17.4 Å². The second-order valence-corrected chi connectivity index (χ2v) is 5.38. The lowest BCUT2D eigenvalue weighted by Crippen LogP contribution is -2.14. The van der Waals surface area contributed by atoms with Gasteiger partial charge in [0.15, 0.2) is 0 Å². The van der Waals surface area contributed by atoms with E-state index in [1.54, 1.807) is 7.11 Å². The van der Waals surface area contributed by atoms with E-state index in [2.05, 4.69) is 9.97 Å². The monoisotopic (exact) mass is 301 g/mol. The van der Waals surface area contributed by atoms with E-state index in [4.69, 9.17) is 22.1 Å². The van der Waals surface area contributed by atoms with Gasteiger partial charge in [-0.25, -0.2) is 4.98 Å². The van der Waals surface area contributed by atoms with Crippen LogP contribution in [0.2, 0.25) is 5.02 Å². The molecule has 0 spiro atoms. The van der Waals surface area contributed by atoms with Crippen molar-refractivity contribution < 1.29 is 4.74 Å². The topological polar surface area (TPSA) is 63.9 Å². The van der Waals surface area contributed by atoms with E-state index < -0.39 is 0 Å². The molecule has 0 bridgehead atoms. The van der Waals surface area contributed by atoms with Gasteiger partial charge < -0.3 is 15.5 Å². The SMILES string of the molecule is COc1ccc(C[C@@H](N)c2nc3ccc(Cl)cc3[nH]2)cc1. The van der Waals surface area contributed by atoms with Crippen LogP contribution in [0.3, 0.4) is 0 Å². The van der Waals surface area contributed by atoms with E-state index in [0.29, 0.717) is 11.4 Å². The highest BCUT2D eigenvalue weighted by Gasteiger charge is 2.12. The molecule has 21 heavy (non-hydrogen) atoms.